The van der Waals surface area contributed by atoms with E-state index in [1.807, 2.05) is 23.7 Å². The molecule has 0 amide bonds. The average molecular weight is 246 g/mol. The smallest absolute Gasteiger partial charge is 0.0271 e. The zero-order chi connectivity index (χ0) is 12.1. The van der Waals surface area contributed by atoms with Gasteiger partial charge in [0.25, 0.3) is 0 Å². The molecule has 2 nitrogen and oxygen atoms in total. The Kier molecular flexibility index (Phi) is 4.29. The summed E-state index contributed by atoms with van der Waals surface area (Å²) in [5, 5.41) is 3.54. The van der Waals surface area contributed by atoms with Gasteiger partial charge in [-0.25, -0.2) is 0 Å². The maximum absolute atomic E-state index is 4.02. The fourth-order valence-corrected chi connectivity index (χ4v) is 2.78. The number of aryl methyl sites for hydroxylation is 1. The lowest BCUT2D eigenvalue weighted by Gasteiger charge is -2.12. The van der Waals surface area contributed by atoms with E-state index in [-0.39, 0.29) is 0 Å². The number of aromatic nitrogens is 1. The summed E-state index contributed by atoms with van der Waals surface area (Å²) in [4.78, 5) is 6.86. The van der Waals surface area contributed by atoms with Gasteiger partial charge in [0, 0.05) is 34.7 Å². The topological polar surface area (TPSA) is 24.9 Å². The quantitative estimate of drug-likeness (QED) is 0.876. The normalized spacial score (nSPS) is 12.6. The zero-order valence-corrected chi connectivity index (χ0v) is 11.1. The first-order chi connectivity index (χ1) is 8.24. The second-order valence-corrected chi connectivity index (χ2v) is 5.73. The van der Waals surface area contributed by atoms with Gasteiger partial charge >= 0.3 is 0 Å². The third-order valence-electron chi connectivity index (χ3n) is 2.71. The summed E-state index contributed by atoms with van der Waals surface area (Å²) in [5.41, 5.74) is 1.29. The Labute approximate surface area is 107 Å². The summed E-state index contributed by atoms with van der Waals surface area (Å²) in [6.07, 6.45) is 4.78. The largest absolute Gasteiger partial charge is 0.310 e. The van der Waals surface area contributed by atoms with Crippen molar-refractivity contribution in [2.45, 2.75) is 32.9 Å². The maximum atomic E-state index is 4.02. The summed E-state index contributed by atoms with van der Waals surface area (Å²) in [7, 11) is 0. The van der Waals surface area contributed by atoms with Gasteiger partial charge in [0.1, 0.15) is 0 Å². The molecule has 0 saturated carbocycles. The van der Waals surface area contributed by atoms with E-state index in [9.17, 15) is 0 Å². The lowest BCUT2D eigenvalue weighted by atomic mass is 10.2. The van der Waals surface area contributed by atoms with Gasteiger partial charge in [-0.1, -0.05) is 0 Å². The number of hydrogen-bond acceptors (Lipinski definition) is 3. The monoisotopic (exact) mass is 246 g/mol. The third kappa shape index (κ3) is 3.95. The van der Waals surface area contributed by atoms with Crippen molar-refractivity contribution < 1.29 is 0 Å². The van der Waals surface area contributed by atoms with Gasteiger partial charge in [-0.2, -0.15) is 0 Å². The molecule has 0 radical (unpaired) electrons. The van der Waals surface area contributed by atoms with E-state index in [1.165, 1.54) is 15.3 Å². The van der Waals surface area contributed by atoms with Crippen LogP contribution in [0.4, 0.5) is 0 Å². The summed E-state index contributed by atoms with van der Waals surface area (Å²) in [5.74, 6) is 0. The zero-order valence-electron chi connectivity index (χ0n) is 10.3. The Morgan fingerprint density at radius 3 is 2.65 bits per heavy atom. The van der Waals surface area contributed by atoms with Crippen LogP contribution in [-0.2, 0) is 13.0 Å². The Hall–Kier alpha value is -1.19. The number of hydrogen-bond donors (Lipinski definition) is 1. The van der Waals surface area contributed by atoms with Crippen molar-refractivity contribution in [2.24, 2.45) is 0 Å². The Morgan fingerprint density at radius 2 is 2.00 bits per heavy atom. The molecule has 17 heavy (non-hydrogen) atoms. The molecule has 0 fully saturated rings. The molecule has 0 aliphatic carbocycles. The van der Waals surface area contributed by atoms with Crippen molar-refractivity contribution >= 4 is 11.3 Å². The van der Waals surface area contributed by atoms with Crippen molar-refractivity contribution in [1.29, 1.82) is 0 Å². The number of pyridine rings is 1. The number of thiophene rings is 1. The van der Waals surface area contributed by atoms with E-state index in [4.69, 9.17) is 0 Å². The van der Waals surface area contributed by atoms with E-state index in [2.05, 4.69) is 48.4 Å². The molecule has 0 bridgehead atoms. The van der Waals surface area contributed by atoms with Crippen LogP contribution in [0.15, 0.2) is 36.7 Å². The number of rotatable bonds is 5. The van der Waals surface area contributed by atoms with Crippen molar-refractivity contribution in [3.63, 3.8) is 0 Å². The van der Waals surface area contributed by atoms with E-state index in [0.717, 1.165) is 13.0 Å². The molecule has 1 atom stereocenters. The number of nitrogens with one attached hydrogen (secondary N) is 1. The highest BCUT2D eigenvalue weighted by molar-refractivity contribution is 7.11. The molecular formula is C14H18N2S. The molecular weight excluding hydrogens is 228 g/mol. The van der Waals surface area contributed by atoms with Crippen LogP contribution in [0.1, 0.15) is 22.2 Å². The molecule has 90 valence electrons. The van der Waals surface area contributed by atoms with Crippen LogP contribution >= 0.6 is 11.3 Å². The van der Waals surface area contributed by atoms with Gasteiger partial charge < -0.3 is 5.32 Å². The molecule has 2 rings (SSSR count). The van der Waals surface area contributed by atoms with Crippen molar-refractivity contribution in [3.8, 4) is 0 Å². The van der Waals surface area contributed by atoms with Crippen LogP contribution in [0.3, 0.4) is 0 Å². The van der Waals surface area contributed by atoms with Gasteiger partial charge in [0.15, 0.2) is 0 Å². The Bertz CT molecular complexity index is 450. The first-order valence-electron chi connectivity index (χ1n) is 5.91. The van der Waals surface area contributed by atoms with E-state index in [1.54, 1.807) is 0 Å². The van der Waals surface area contributed by atoms with E-state index in [0.29, 0.717) is 6.04 Å². The molecule has 0 spiro atoms. The second-order valence-electron chi connectivity index (χ2n) is 4.35. The van der Waals surface area contributed by atoms with Crippen LogP contribution in [-0.4, -0.2) is 11.0 Å². The molecule has 0 aromatic carbocycles. The highest BCUT2D eigenvalue weighted by atomic mass is 32.1. The van der Waals surface area contributed by atoms with Crippen molar-refractivity contribution in [2.75, 3.05) is 0 Å². The van der Waals surface area contributed by atoms with E-state index < -0.39 is 0 Å². The van der Waals surface area contributed by atoms with Crippen LogP contribution in [0.25, 0.3) is 0 Å². The molecule has 3 heteroatoms. The predicted octanol–water partition coefficient (Wildman–Crippen LogP) is 3.17. The first kappa shape index (κ1) is 12.3. The van der Waals surface area contributed by atoms with Gasteiger partial charge in [0.05, 0.1) is 0 Å². The van der Waals surface area contributed by atoms with Crippen molar-refractivity contribution in [1.82, 2.24) is 10.3 Å². The van der Waals surface area contributed by atoms with E-state index >= 15 is 0 Å². The fourth-order valence-electron chi connectivity index (χ4n) is 1.76. The minimum absolute atomic E-state index is 0.501. The fraction of sp³-hybridized carbons (Fsp3) is 0.357. The third-order valence-corrected chi connectivity index (χ3v) is 3.73. The first-order valence-corrected chi connectivity index (χ1v) is 6.73. The standard InChI is InChI=1S/C14H18N2S/c1-11(9-14-4-3-12(2)17-14)16-10-13-5-7-15-8-6-13/h3-8,11,16H,9-10H2,1-2H3. The lowest BCUT2D eigenvalue weighted by Crippen LogP contribution is -2.27. The summed E-state index contributed by atoms with van der Waals surface area (Å²) < 4.78 is 0. The van der Waals surface area contributed by atoms with Crippen LogP contribution in [0.5, 0.6) is 0 Å². The molecule has 2 aromatic rings. The Morgan fingerprint density at radius 1 is 1.24 bits per heavy atom. The summed E-state index contributed by atoms with van der Waals surface area (Å²) >= 11 is 1.89. The molecule has 0 saturated heterocycles. The Balaban J connectivity index is 1.80. The number of nitrogens with zero attached hydrogens (tertiary/aromatic N) is 1. The van der Waals surface area contributed by atoms with Crippen molar-refractivity contribution in [3.05, 3.63) is 52.0 Å². The molecule has 0 aliphatic heterocycles. The van der Waals surface area contributed by atoms with Crippen LogP contribution in [0.2, 0.25) is 0 Å². The van der Waals surface area contributed by atoms with Gasteiger partial charge in [0.2, 0.25) is 0 Å². The minimum atomic E-state index is 0.501. The minimum Gasteiger partial charge on any atom is -0.310 e. The lowest BCUT2D eigenvalue weighted by molar-refractivity contribution is 0.548. The SMILES string of the molecule is Cc1ccc(CC(C)NCc2ccncc2)s1. The highest BCUT2D eigenvalue weighted by Crippen LogP contribution is 2.16. The molecule has 2 heterocycles. The molecule has 1 unspecified atom stereocenters. The molecule has 1 N–H and O–H groups in total. The second kappa shape index (κ2) is 5.94. The summed E-state index contributed by atoms with van der Waals surface area (Å²) in [6.45, 7) is 5.30. The summed E-state index contributed by atoms with van der Waals surface area (Å²) in [6, 6.07) is 9.02. The van der Waals surface area contributed by atoms with Gasteiger partial charge in [-0.15, -0.1) is 11.3 Å². The molecule has 2 aromatic heterocycles. The molecule has 0 aliphatic rings. The van der Waals surface area contributed by atoms with Gasteiger partial charge in [-0.3, -0.25) is 4.98 Å². The highest BCUT2D eigenvalue weighted by Gasteiger charge is 2.04. The van der Waals surface area contributed by atoms with Crippen LogP contribution in [0, 0.1) is 6.92 Å². The maximum Gasteiger partial charge on any atom is 0.0271 e. The van der Waals surface area contributed by atoms with Crippen LogP contribution < -0.4 is 5.32 Å². The average Bonchev–Trinajstić information content (AvgIpc) is 2.73. The predicted molar refractivity (Wildman–Crippen MR) is 73.3 cm³/mol. The van der Waals surface area contributed by atoms with Gasteiger partial charge in [-0.05, 0) is 50.1 Å².